The smallest absolute Gasteiger partial charge is 0.253 e. The molecular weight excluding hydrogens is 264 g/mol. The van der Waals surface area contributed by atoms with E-state index in [1.54, 1.807) is 18.2 Å². The van der Waals surface area contributed by atoms with Gasteiger partial charge in [0.2, 0.25) is 0 Å². The average molecular weight is 283 g/mol. The maximum atomic E-state index is 12.2. The van der Waals surface area contributed by atoms with Crippen molar-refractivity contribution in [1.82, 2.24) is 5.32 Å². The second-order valence-corrected chi connectivity index (χ2v) is 5.45. The molecule has 1 fully saturated rings. The summed E-state index contributed by atoms with van der Waals surface area (Å²) in [7, 11) is 0. The van der Waals surface area contributed by atoms with E-state index in [0.29, 0.717) is 16.3 Å². The van der Waals surface area contributed by atoms with Crippen molar-refractivity contribution >= 4 is 23.2 Å². The van der Waals surface area contributed by atoms with Gasteiger partial charge in [-0.2, -0.15) is 0 Å². The van der Waals surface area contributed by atoms with Gasteiger partial charge in [0.05, 0.1) is 10.6 Å². The predicted octanol–water partition coefficient (Wildman–Crippen LogP) is 2.20. The minimum Gasteiger partial charge on any atom is -0.399 e. The van der Waals surface area contributed by atoms with Crippen molar-refractivity contribution in [2.45, 2.75) is 31.7 Å². The van der Waals surface area contributed by atoms with E-state index in [0.717, 1.165) is 25.7 Å². The normalized spacial score (nSPS) is 23.1. The van der Waals surface area contributed by atoms with E-state index in [4.69, 9.17) is 17.3 Å². The first-order valence-electron chi connectivity index (χ1n) is 6.58. The van der Waals surface area contributed by atoms with Gasteiger partial charge >= 0.3 is 0 Å². The Balaban J connectivity index is 2.09. The number of rotatable bonds is 3. The fraction of sp³-hybridized carbons (Fsp3) is 0.500. The van der Waals surface area contributed by atoms with Crippen molar-refractivity contribution in [3.8, 4) is 0 Å². The van der Waals surface area contributed by atoms with Gasteiger partial charge in [0.15, 0.2) is 0 Å². The summed E-state index contributed by atoms with van der Waals surface area (Å²) in [6.45, 7) is 0.107. The second kappa shape index (κ2) is 6.26. The van der Waals surface area contributed by atoms with Gasteiger partial charge in [0.1, 0.15) is 0 Å². The molecule has 1 amide bonds. The number of carbonyl (C=O) groups is 1. The van der Waals surface area contributed by atoms with Gasteiger partial charge in [-0.15, -0.1) is 0 Å². The summed E-state index contributed by atoms with van der Waals surface area (Å²) in [6.07, 6.45) is 4.03. The second-order valence-electron chi connectivity index (χ2n) is 5.05. The fourth-order valence-corrected chi connectivity index (χ4v) is 2.78. The van der Waals surface area contributed by atoms with Crippen LogP contribution in [0.1, 0.15) is 36.0 Å². The Hall–Kier alpha value is -1.26. The monoisotopic (exact) mass is 282 g/mol. The molecule has 5 heteroatoms. The van der Waals surface area contributed by atoms with Gasteiger partial charge in [0.25, 0.3) is 5.91 Å². The molecule has 0 spiro atoms. The van der Waals surface area contributed by atoms with E-state index in [1.165, 1.54) is 0 Å². The quantitative estimate of drug-likeness (QED) is 0.744. The number of nitrogens with one attached hydrogen (secondary N) is 1. The van der Waals surface area contributed by atoms with Gasteiger partial charge in [-0.05, 0) is 31.0 Å². The molecule has 0 heterocycles. The minimum absolute atomic E-state index is 0.0174. The highest BCUT2D eigenvalue weighted by atomic mass is 35.5. The molecule has 1 aromatic carbocycles. The lowest BCUT2D eigenvalue weighted by Crippen LogP contribution is -2.43. The van der Waals surface area contributed by atoms with Gasteiger partial charge in [-0.3, -0.25) is 4.79 Å². The van der Waals surface area contributed by atoms with Gasteiger partial charge < -0.3 is 16.2 Å². The number of amides is 1. The molecular formula is C14H19ClN2O2. The number of nitrogens with two attached hydrogens (primary N) is 1. The lowest BCUT2D eigenvalue weighted by Gasteiger charge is -2.31. The van der Waals surface area contributed by atoms with Crippen molar-refractivity contribution < 1.29 is 9.90 Å². The number of anilines is 1. The third-order valence-electron chi connectivity index (χ3n) is 3.70. The number of carbonyl (C=O) groups excluding carboxylic acids is 1. The molecule has 0 saturated heterocycles. The minimum atomic E-state index is -0.220. The summed E-state index contributed by atoms with van der Waals surface area (Å²) in [5, 5.41) is 12.7. The summed E-state index contributed by atoms with van der Waals surface area (Å²) >= 11 is 6.01. The Morgan fingerprint density at radius 1 is 1.42 bits per heavy atom. The number of nitrogen functional groups attached to an aromatic ring is 1. The largest absolute Gasteiger partial charge is 0.399 e. The highest BCUT2D eigenvalue weighted by molar-refractivity contribution is 6.34. The fourth-order valence-electron chi connectivity index (χ4n) is 2.58. The van der Waals surface area contributed by atoms with E-state index >= 15 is 0 Å². The Morgan fingerprint density at radius 3 is 2.89 bits per heavy atom. The van der Waals surface area contributed by atoms with Crippen molar-refractivity contribution in [1.29, 1.82) is 0 Å². The van der Waals surface area contributed by atoms with E-state index in [1.807, 2.05) is 0 Å². The molecule has 0 radical (unpaired) electrons. The van der Waals surface area contributed by atoms with E-state index < -0.39 is 0 Å². The molecule has 2 rings (SSSR count). The molecule has 4 nitrogen and oxygen atoms in total. The van der Waals surface area contributed by atoms with Gasteiger partial charge in [-0.1, -0.05) is 24.4 Å². The predicted molar refractivity (Wildman–Crippen MR) is 76.2 cm³/mol. The zero-order valence-corrected chi connectivity index (χ0v) is 11.5. The van der Waals surface area contributed by atoms with Crippen LogP contribution in [0.3, 0.4) is 0 Å². The molecule has 1 aliphatic rings. The first kappa shape index (κ1) is 14.2. The van der Waals surface area contributed by atoms with Crippen LogP contribution in [0.2, 0.25) is 5.02 Å². The molecule has 1 saturated carbocycles. The molecule has 0 bridgehead atoms. The summed E-state index contributed by atoms with van der Waals surface area (Å²) < 4.78 is 0. The lowest BCUT2D eigenvalue weighted by atomic mass is 9.85. The molecule has 2 atom stereocenters. The van der Waals surface area contributed by atoms with Crippen LogP contribution in [0.4, 0.5) is 5.69 Å². The Morgan fingerprint density at radius 2 is 2.16 bits per heavy atom. The molecule has 1 aromatic rings. The van der Waals surface area contributed by atoms with Gasteiger partial charge in [0, 0.05) is 24.3 Å². The molecule has 0 aromatic heterocycles. The molecule has 104 valence electrons. The molecule has 1 aliphatic carbocycles. The van der Waals surface area contributed by atoms with Gasteiger partial charge in [-0.25, -0.2) is 0 Å². The standard InChI is InChI=1S/C14H19ClN2O2/c15-12-6-5-10(16)7-11(12)14(19)17-13-4-2-1-3-9(13)8-18/h5-7,9,13,18H,1-4,8,16H2,(H,17,19). The number of aliphatic hydroxyl groups is 1. The average Bonchev–Trinajstić information content (AvgIpc) is 2.42. The van der Waals surface area contributed by atoms with Crippen LogP contribution in [-0.2, 0) is 0 Å². The first-order chi connectivity index (χ1) is 9.11. The lowest BCUT2D eigenvalue weighted by molar-refractivity contribution is 0.0873. The van der Waals surface area contributed by atoms with Crippen LogP contribution >= 0.6 is 11.6 Å². The van der Waals surface area contributed by atoms with Crippen LogP contribution in [0.5, 0.6) is 0 Å². The van der Waals surface area contributed by atoms with Crippen molar-refractivity contribution in [2.24, 2.45) is 5.92 Å². The maximum Gasteiger partial charge on any atom is 0.253 e. The van der Waals surface area contributed by atoms with Crippen molar-refractivity contribution in [3.63, 3.8) is 0 Å². The van der Waals surface area contributed by atoms with E-state index in [9.17, 15) is 9.90 Å². The van der Waals surface area contributed by atoms with Crippen LogP contribution in [-0.4, -0.2) is 23.7 Å². The number of halogens is 1. The van der Waals surface area contributed by atoms with Crippen LogP contribution < -0.4 is 11.1 Å². The zero-order chi connectivity index (χ0) is 13.8. The van der Waals surface area contributed by atoms with Crippen LogP contribution in [0.15, 0.2) is 18.2 Å². The molecule has 0 aliphatic heterocycles. The third-order valence-corrected chi connectivity index (χ3v) is 4.02. The zero-order valence-electron chi connectivity index (χ0n) is 10.7. The van der Waals surface area contributed by atoms with Crippen molar-refractivity contribution in [3.05, 3.63) is 28.8 Å². The number of aliphatic hydroxyl groups excluding tert-OH is 1. The summed E-state index contributed by atoms with van der Waals surface area (Å²) in [6, 6.07) is 4.88. The highest BCUT2D eigenvalue weighted by Gasteiger charge is 2.26. The highest BCUT2D eigenvalue weighted by Crippen LogP contribution is 2.25. The molecule has 2 unspecified atom stereocenters. The van der Waals surface area contributed by atoms with E-state index in [-0.39, 0.29) is 24.5 Å². The number of hydrogen-bond donors (Lipinski definition) is 3. The number of hydrogen-bond acceptors (Lipinski definition) is 3. The summed E-state index contributed by atoms with van der Waals surface area (Å²) in [4.78, 5) is 12.2. The SMILES string of the molecule is Nc1ccc(Cl)c(C(=O)NC2CCCCC2CO)c1. The molecule has 19 heavy (non-hydrogen) atoms. The summed E-state index contributed by atoms with van der Waals surface area (Å²) in [5.41, 5.74) is 6.58. The van der Waals surface area contributed by atoms with Crippen LogP contribution in [0, 0.1) is 5.92 Å². The Kier molecular flexibility index (Phi) is 4.66. The summed E-state index contributed by atoms with van der Waals surface area (Å²) in [5.74, 6) is -0.0832. The maximum absolute atomic E-state index is 12.2. The van der Waals surface area contributed by atoms with E-state index in [2.05, 4.69) is 5.32 Å². The number of benzene rings is 1. The topological polar surface area (TPSA) is 75.4 Å². The van der Waals surface area contributed by atoms with Crippen LogP contribution in [0.25, 0.3) is 0 Å². The first-order valence-corrected chi connectivity index (χ1v) is 6.96. The molecule has 4 N–H and O–H groups in total. The van der Waals surface area contributed by atoms with Crippen molar-refractivity contribution in [2.75, 3.05) is 12.3 Å². The Labute approximate surface area is 117 Å². The third kappa shape index (κ3) is 3.39. The Bertz CT molecular complexity index is 465.